The van der Waals surface area contributed by atoms with Crippen LogP contribution >= 0.6 is 0 Å². The monoisotopic (exact) mass is 362 g/mol. The number of rotatable bonds is 6. The zero-order valence-electron chi connectivity index (χ0n) is 14.9. The second-order valence-electron chi connectivity index (χ2n) is 6.43. The lowest BCUT2D eigenvalue weighted by Crippen LogP contribution is -2.42. The first-order valence-corrected chi connectivity index (χ1v) is 8.84. The number of amides is 2. The molecule has 0 aliphatic carbocycles. The number of hydrogen-bond acceptors (Lipinski definition) is 4. The maximum absolute atomic E-state index is 12.2. The molecule has 0 aliphatic heterocycles. The molecule has 0 saturated heterocycles. The Balaban J connectivity index is 1.44. The van der Waals surface area contributed by atoms with Crippen molar-refractivity contribution in [2.24, 2.45) is 5.73 Å². The van der Waals surface area contributed by atoms with Crippen LogP contribution in [-0.4, -0.2) is 22.8 Å². The molecule has 1 heterocycles. The minimum absolute atomic E-state index is 0.108. The maximum atomic E-state index is 12.2. The van der Waals surface area contributed by atoms with Crippen LogP contribution in [0.2, 0.25) is 0 Å². The van der Waals surface area contributed by atoms with Gasteiger partial charge < -0.3 is 5.73 Å². The summed E-state index contributed by atoms with van der Waals surface area (Å²) < 4.78 is 0. The van der Waals surface area contributed by atoms with E-state index in [1.165, 1.54) is 0 Å². The van der Waals surface area contributed by atoms with Gasteiger partial charge in [0.2, 0.25) is 5.91 Å². The molecule has 0 unspecified atom stereocenters. The Morgan fingerprint density at radius 1 is 1.00 bits per heavy atom. The first kappa shape index (κ1) is 18.5. The Morgan fingerprint density at radius 3 is 2.63 bits per heavy atom. The van der Waals surface area contributed by atoms with E-state index in [1.807, 2.05) is 42.5 Å². The van der Waals surface area contributed by atoms with Crippen molar-refractivity contribution < 1.29 is 9.59 Å². The number of carbonyl (C=O) groups excluding carboxylic acids is 2. The highest BCUT2D eigenvalue weighted by atomic mass is 16.2. The molecule has 27 heavy (non-hydrogen) atoms. The van der Waals surface area contributed by atoms with E-state index >= 15 is 0 Å². The van der Waals surface area contributed by atoms with Gasteiger partial charge in [-0.05, 0) is 42.0 Å². The SMILES string of the molecule is N[C@H](CCC(=O)NNC(=O)c1ccc2cnccc2c1)Cc1ccccc1. The minimum atomic E-state index is -0.365. The number of aromatic nitrogens is 1. The molecule has 0 spiro atoms. The topological polar surface area (TPSA) is 97.1 Å². The van der Waals surface area contributed by atoms with Gasteiger partial charge in [-0.3, -0.25) is 25.4 Å². The van der Waals surface area contributed by atoms with E-state index in [4.69, 9.17) is 5.73 Å². The summed E-state index contributed by atoms with van der Waals surface area (Å²) in [5, 5.41) is 1.86. The van der Waals surface area contributed by atoms with Gasteiger partial charge in [0.1, 0.15) is 0 Å². The number of hydrogen-bond donors (Lipinski definition) is 3. The quantitative estimate of drug-likeness (QED) is 0.586. The molecule has 4 N–H and O–H groups in total. The lowest BCUT2D eigenvalue weighted by atomic mass is 10.0. The Labute approximate surface area is 157 Å². The van der Waals surface area contributed by atoms with Gasteiger partial charge in [0.05, 0.1) is 0 Å². The van der Waals surface area contributed by atoms with Crippen molar-refractivity contribution in [3.05, 3.63) is 78.1 Å². The van der Waals surface area contributed by atoms with Crippen molar-refractivity contribution in [3.63, 3.8) is 0 Å². The smallest absolute Gasteiger partial charge is 0.269 e. The fourth-order valence-electron chi connectivity index (χ4n) is 2.82. The standard InChI is InChI=1S/C21H22N4O2/c22-19(12-15-4-2-1-3-5-15)8-9-20(26)24-25-21(27)17-6-7-18-14-23-11-10-16(18)13-17/h1-7,10-11,13-14,19H,8-9,12,22H2,(H,24,26)(H,25,27)/t19-/m1/s1. The second kappa shape index (κ2) is 8.91. The van der Waals surface area contributed by atoms with Crippen LogP contribution in [-0.2, 0) is 11.2 Å². The van der Waals surface area contributed by atoms with Crippen LogP contribution in [0.3, 0.4) is 0 Å². The molecule has 1 aromatic heterocycles. The van der Waals surface area contributed by atoms with Gasteiger partial charge in [-0.15, -0.1) is 0 Å². The van der Waals surface area contributed by atoms with Crippen LogP contribution in [0.4, 0.5) is 0 Å². The largest absolute Gasteiger partial charge is 0.327 e. The molecule has 0 radical (unpaired) electrons. The summed E-state index contributed by atoms with van der Waals surface area (Å²) in [4.78, 5) is 28.2. The fourth-order valence-corrected chi connectivity index (χ4v) is 2.82. The molecule has 138 valence electrons. The predicted octanol–water partition coefficient (Wildman–Crippen LogP) is 2.35. The summed E-state index contributed by atoms with van der Waals surface area (Å²) in [5.41, 5.74) is 12.6. The normalized spacial score (nSPS) is 11.7. The number of carbonyl (C=O) groups is 2. The van der Waals surface area contributed by atoms with Gasteiger partial charge in [-0.2, -0.15) is 0 Å². The van der Waals surface area contributed by atoms with Gasteiger partial charge in [-0.25, -0.2) is 0 Å². The van der Waals surface area contributed by atoms with E-state index < -0.39 is 0 Å². The number of nitrogens with zero attached hydrogens (tertiary/aromatic N) is 1. The highest BCUT2D eigenvalue weighted by Crippen LogP contribution is 2.14. The number of fused-ring (bicyclic) bond motifs is 1. The van der Waals surface area contributed by atoms with Crippen LogP contribution in [0.25, 0.3) is 10.8 Å². The molecule has 3 rings (SSSR count). The lowest BCUT2D eigenvalue weighted by molar-refractivity contribution is -0.122. The maximum Gasteiger partial charge on any atom is 0.269 e. The van der Waals surface area contributed by atoms with Crippen molar-refractivity contribution in [3.8, 4) is 0 Å². The molecule has 0 bridgehead atoms. The van der Waals surface area contributed by atoms with Crippen molar-refractivity contribution in [1.29, 1.82) is 0 Å². The Bertz CT molecular complexity index is 928. The van der Waals surface area contributed by atoms with E-state index in [-0.39, 0.29) is 24.3 Å². The number of benzene rings is 2. The van der Waals surface area contributed by atoms with Crippen molar-refractivity contribution in [1.82, 2.24) is 15.8 Å². The van der Waals surface area contributed by atoms with Gasteiger partial charge >= 0.3 is 0 Å². The van der Waals surface area contributed by atoms with Gasteiger partial charge in [0.15, 0.2) is 0 Å². The molecule has 0 saturated carbocycles. The van der Waals surface area contributed by atoms with Crippen molar-refractivity contribution >= 4 is 22.6 Å². The van der Waals surface area contributed by atoms with Crippen LogP contribution in [0.1, 0.15) is 28.8 Å². The third kappa shape index (κ3) is 5.36. The lowest BCUT2D eigenvalue weighted by Gasteiger charge is -2.12. The summed E-state index contributed by atoms with van der Waals surface area (Å²) in [6.45, 7) is 0. The Morgan fingerprint density at radius 2 is 1.81 bits per heavy atom. The van der Waals surface area contributed by atoms with E-state index in [0.717, 1.165) is 16.3 Å². The summed E-state index contributed by atoms with van der Waals surface area (Å²) in [6, 6.07) is 16.9. The van der Waals surface area contributed by atoms with Gasteiger partial charge in [0.25, 0.3) is 5.91 Å². The second-order valence-corrected chi connectivity index (χ2v) is 6.43. The van der Waals surface area contributed by atoms with Crippen LogP contribution < -0.4 is 16.6 Å². The van der Waals surface area contributed by atoms with Crippen LogP contribution in [0, 0.1) is 0 Å². The summed E-state index contributed by atoms with van der Waals surface area (Å²) in [6.07, 6.45) is 4.91. The van der Waals surface area contributed by atoms with E-state index in [2.05, 4.69) is 15.8 Å². The van der Waals surface area contributed by atoms with Crippen LogP contribution in [0.5, 0.6) is 0 Å². The van der Waals surface area contributed by atoms with E-state index in [1.54, 1.807) is 24.5 Å². The number of pyridine rings is 1. The Kier molecular flexibility index (Phi) is 6.12. The number of hydrazine groups is 1. The van der Waals surface area contributed by atoms with Crippen LogP contribution in [0.15, 0.2) is 67.0 Å². The van der Waals surface area contributed by atoms with E-state index in [9.17, 15) is 9.59 Å². The average Bonchev–Trinajstić information content (AvgIpc) is 2.71. The third-order valence-electron chi connectivity index (χ3n) is 4.30. The first-order valence-electron chi connectivity index (χ1n) is 8.84. The molecule has 2 amide bonds. The summed E-state index contributed by atoms with van der Waals surface area (Å²) >= 11 is 0. The summed E-state index contributed by atoms with van der Waals surface area (Å²) in [7, 11) is 0. The average molecular weight is 362 g/mol. The molecular formula is C21H22N4O2. The van der Waals surface area contributed by atoms with Gasteiger partial charge in [0, 0.05) is 35.8 Å². The molecule has 1 atom stereocenters. The highest BCUT2D eigenvalue weighted by Gasteiger charge is 2.10. The van der Waals surface area contributed by atoms with Crippen molar-refractivity contribution in [2.45, 2.75) is 25.3 Å². The molecule has 6 heteroatoms. The Hall–Kier alpha value is -3.25. The fraction of sp³-hybridized carbons (Fsp3) is 0.190. The molecule has 2 aromatic carbocycles. The summed E-state index contributed by atoms with van der Waals surface area (Å²) in [5.74, 6) is -0.632. The molecular weight excluding hydrogens is 340 g/mol. The first-order chi connectivity index (χ1) is 13.1. The van der Waals surface area contributed by atoms with E-state index in [0.29, 0.717) is 18.4 Å². The zero-order valence-corrected chi connectivity index (χ0v) is 14.9. The highest BCUT2D eigenvalue weighted by molar-refractivity contribution is 5.99. The third-order valence-corrected chi connectivity index (χ3v) is 4.30. The predicted molar refractivity (Wildman–Crippen MR) is 105 cm³/mol. The number of nitrogens with one attached hydrogen (secondary N) is 2. The molecule has 0 fully saturated rings. The minimum Gasteiger partial charge on any atom is -0.327 e. The molecule has 3 aromatic rings. The number of nitrogens with two attached hydrogens (primary N) is 1. The molecule has 0 aliphatic rings. The van der Waals surface area contributed by atoms with Gasteiger partial charge in [-0.1, -0.05) is 36.4 Å². The molecule has 6 nitrogen and oxygen atoms in total. The van der Waals surface area contributed by atoms with Crippen molar-refractivity contribution in [2.75, 3.05) is 0 Å². The zero-order chi connectivity index (χ0) is 19.1.